The second-order valence-electron chi connectivity index (χ2n) is 7.58. The summed E-state index contributed by atoms with van der Waals surface area (Å²) in [7, 11) is 0. The van der Waals surface area contributed by atoms with Crippen molar-refractivity contribution in [1.82, 2.24) is 20.0 Å². The number of amides is 1. The fourth-order valence-corrected chi connectivity index (χ4v) is 3.31. The third-order valence-electron chi connectivity index (χ3n) is 4.82. The highest BCUT2D eigenvalue weighted by Crippen LogP contribution is 2.34. The molecule has 0 atom stereocenters. The summed E-state index contributed by atoms with van der Waals surface area (Å²) >= 11 is 0. The number of nitrogens with zero attached hydrogens (tertiary/aromatic N) is 5. The second kappa shape index (κ2) is 9.03. The molecule has 1 aromatic carbocycles. The van der Waals surface area contributed by atoms with Gasteiger partial charge >= 0.3 is 12.4 Å². The molecule has 0 bridgehead atoms. The number of alkyl halides is 6. The minimum Gasteiger partial charge on any atom is -0.487 e. The summed E-state index contributed by atoms with van der Waals surface area (Å²) in [6.45, 7) is -1.47. The molecular formula is C20H15F7N6O2. The van der Waals surface area contributed by atoms with Crippen LogP contribution in [0.25, 0.3) is 0 Å². The smallest absolute Gasteiger partial charge is 0.416 e. The predicted octanol–water partition coefficient (Wildman–Crippen LogP) is 3.91. The maximum atomic E-state index is 13.6. The Morgan fingerprint density at radius 1 is 1.11 bits per heavy atom. The molecule has 35 heavy (non-hydrogen) atoms. The Labute approximate surface area is 192 Å². The van der Waals surface area contributed by atoms with Crippen LogP contribution in [0.5, 0.6) is 5.75 Å². The van der Waals surface area contributed by atoms with Crippen LogP contribution in [0.2, 0.25) is 0 Å². The molecule has 1 amide bonds. The monoisotopic (exact) mass is 504 g/mol. The fourth-order valence-electron chi connectivity index (χ4n) is 3.31. The largest absolute Gasteiger partial charge is 0.487 e. The molecule has 3 aromatic rings. The van der Waals surface area contributed by atoms with Gasteiger partial charge in [-0.2, -0.15) is 41.6 Å². The van der Waals surface area contributed by atoms with Crippen molar-refractivity contribution in [1.29, 1.82) is 0 Å². The van der Waals surface area contributed by atoms with Crippen LogP contribution < -0.4 is 15.0 Å². The average molecular weight is 504 g/mol. The lowest BCUT2D eigenvalue weighted by molar-refractivity contribution is -0.142. The first-order chi connectivity index (χ1) is 16.4. The summed E-state index contributed by atoms with van der Waals surface area (Å²) < 4.78 is 96.8. The SMILES string of the molecule is O=C(Nc1ccnnc1)c1cn(CC(F)(F)F)nc1N1CC(Oc2cc(F)cc(C(F)(F)F)c2)C1. The summed E-state index contributed by atoms with van der Waals surface area (Å²) in [6, 6.07) is 3.19. The summed E-state index contributed by atoms with van der Waals surface area (Å²) in [6.07, 6.45) is -6.62. The summed E-state index contributed by atoms with van der Waals surface area (Å²) in [4.78, 5) is 14.1. The molecule has 186 valence electrons. The molecule has 2 aromatic heterocycles. The van der Waals surface area contributed by atoms with Crippen molar-refractivity contribution in [2.45, 2.75) is 25.0 Å². The molecule has 8 nitrogen and oxygen atoms in total. The van der Waals surface area contributed by atoms with Crippen LogP contribution in [-0.2, 0) is 12.7 Å². The van der Waals surface area contributed by atoms with E-state index in [1.165, 1.54) is 23.4 Å². The van der Waals surface area contributed by atoms with Gasteiger partial charge in [0.2, 0.25) is 0 Å². The van der Waals surface area contributed by atoms with E-state index >= 15 is 0 Å². The number of hydrogen-bond acceptors (Lipinski definition) is 6. The van der Waals surface area contributed by atoms with E-state index in [0.717, 1.165) is 12.3 Å². The Bertz CT molecular complexity index is 1210. The maximum Gasteiger partial charge on any atom is 0.416 e. The van der Waals surface area contributed by atoms with Crippen LogP contribution in [0, 0.1) is 5.82 Å². The highest BCUT2D eigenvalue weighted by molar-refractivity contribution is 6.07. The Balaban J connectivity index is 1.50. The fraction of sp³-hybridized carbons (Fsp3) is 0.300. The van der Waals surface area contributed by atoms with Crippen molar-refractivity contribution < 1.29 is 40.3 Å². The zero-order valence-corrected chi connectivity index (χ0v) is 17.4. The highest BCUT2D eigenvalue weighted by atomic mass is 19.4. The van der Waals surface area contributed by atoms with Crippen molar-refractivity contribution in [3.05, 3.63) is 59.8 Å². The van der Waals surface area contributed by atoms with Gasteiger partial charge in [-0.05, 0) is 18.2 Å². The Morgan fingerprint density at radius 2 is 1.86 bits per heavy atom. The number of halogens is 7. The van der Waals surface area contributed by atoms with E-state index < -0.39 is 42.3 Å². The van der Waals surface area contributed by atoms with Crippen LogP contribution in [-0.4, -0.2) is 51.3 Å². The number of nitrogens with one attached hydrogen (secondary N) is 1. The van der Waals surface area contributed by atoms with Crippen molar-refractivity contribution in [3.63, 3.8) is 0 Å². The van der Waals surface area contributed by atoms with Gasteiger partial charge in [-0.25, -0.2) is 4.39 Å². The highest BCUT2D eigenvalue weighted by Gasteiger charge is 2.36. The minimum atomic E-state index is -4.77. The number of carbonyl (C=O) groups is 1. The normalized spacial score (nSPS) is 14.5. The van der Waals surface area contributed by atoms with Gasteiger partial charge in [-0.15, -0.1) is 0 Å². The van der Waals surface area contributed by atoms with E-state index in [1.807, 2.05) is 0 Å². The van der Waals surface area contributed by atoms with E-state index in [2.05, 4.69) is 20.6 Å². The summed E-state index contributed by atoms with van der Waals surface area (Å²) in [5.74, 6) is -2.33. The molecule has 1 aliphatic rings. The molecule has 0 saturated carbocycles. The van der Waals surface area contributed by atoms with Crippen molar-refractivity contribution in [2.24, 2.45) is 0 Å². The molecule has 0 spiro atoms. The van der Waals surface area contributed by atoms with Crippen LogP contribution >= 0.6 is 0 Å². The molecule has 1 aliphatic heterocycles. The lowest BCUT2D eigenvalue weighted by Gasteiger charge is -2.39. The lowest BCUT2D eigenvalue weighted by atomic mass is 10.1. The van der Waals surface area contributed by atoms with Crippen molar-refractivity contribution >= 4 is 17.4 Å². The van der Waals surface area contributed by atoms with E-state index in [1.54, 1.807) is 0 Å². The molecule has 3 heterocycles. The van der Waals surface area contributed by atoms with E-state index in [0.29, 0.717) is 16.8 Å². The summed E-state index contributed by atoms with van der Waals surface area (Å²) in [5.41, 5.74) is -1.15. The molecule has 1 saturated heterocycles. The number of hydrogen-bond donors (Lipinski definition) is 1. The molecule has 15 heteroatoms. The number of ether oxygens (including phenoxy) is 1. The molecular weight excluding hydrogens is 489 g/mol. The number of benzene rings is 1. The first kappa shape index (κ1) is 24.2. The van der Waals surface area contributed by atoms with Crippen molar-refractivity contribution in [2.75, 3.05) is 23.3 Å². The molecule has 0 unspecified atom stereocenters. The van der Waals surface area contributed by atoms with Gasteiger partial charge in [-0.1, -0.05) is 0 Å². The standard InChI is InChI=1S/C20H15F7N6O2/c21-12-3-11(20(25,26)27)4-14(5-12)35-15-7-32(8-15)17-16(9-33(31-17)10-19(22,23)24)18(34)30-13-1-2-28-29-6-13/h1-6,9,15H,7-8,10H2,(H,28,30,34). The third-order valence-corrected chi connectivity index (χ3v) is 4.82. The van der Waals surface area contributed by atoms with Crippen LogP contribution in [0.4, 0.5) is 42.2 Å². The Hall–Kier alpha value is -3.91. The van der Waals surface area contributed by atoms with Gasteiger partial charge in [0.05, 0.1) is 36.7 Å². The Morgan fingerprint density at radius 3 is 2.49 bits per heavy atom. The molecule has 4 rings (SSSR count). The van der Waals surface area contributed by atoms with E-state index in [9.17, 15) is 35.5 Å². The van der Waals surface area contributed by atoms with Gasteiger partial charge in [-0.3, -0.25) is 9.48 Å². The Kier molecular flexibility index (Phi) is 6.25. The van der Waals surface area contributed by atoms with Gasteiger partial charge in [0, 0.05) is 12.3 Å². The minimum absolute atomic E-state index is 0.0159. The topological polar surface area (TPSA) is 85.2 Å². The van der Waals surface area contributed by atoms with Gasteiger partial charge in [0.1, 0.15) is 29.8 Å². The van der Waals surface area contributed by atoms with E-state index in [4.69, 9.17) is 4.74 Å². The number of anilines is 2. The van der Waals surface area contributed by atoms with Crippen LogP contribution in [0.15, 0.2) is 42.9 Å². The second-order valence-corrected chi connectivity index (χ2v) is 7.58. The van der Waals surface area contributed by atoms with Crippen LogP contribution in [0.3, 0.4) is 0 Å². The average Bonchev–Trinajstić information content (AvgIpc) is 3.11. The zero-order valence-electron chi connectivity index (χ0n) is 17.4. The maximum absolute atomic E-state index is 13.6. The number of carbonyl (C=O) groups excluding carboxylic acids is 1. The summed E-state index contributed by atoms with van der Waals surface area (Å²) in [5, 5.41) is 13.5. The van der Waals surface area contributed by atoms with E-state index in [-0.39, 0.29) is 35.9 Å². The first-order valence-corrected chi connectivity index (χ1v) is 9.89. The third kappa shape index (κ3) is 5.96. The van der Waals surface area contributed by atoms with Gasteiger partial charge in [0.15, 0.2) is 5.82 Å². The number of aromatic nitrogens is 4. The number of rotatable bonds is 6. The molecule has 1 fully saturated rings. The van der Waals surface area contributed by atoms with Gasteiger partial charge in [0.25, 0.3) is 5.91 Å². The predicted molar refractivity (Wildman–Crippen MR) is 106 cm³/mol. The van der Waals surface area contributed by atoms with Crippen molar-refractivity contribution in [3.8, 4) is 5.75 Å². The molecule has 1 N–H and O–H groups in total. The lowest BCUT2D eigenvalue weighted by Crippen LogP contribution is -2.54. The van der Waals surface area contributed by atoms with Gasteiger partial charge < -0.3 is 15.0 Å². The van der Waals surface area contributed by atoms with Crippen LogP contribution in [0.1, 0.15) is 15.9 Å². The molecule has 0 radical (unpaired) electrons. The molecule has 0 aliphatic carbocycles. The first-order valence-electron chi connectivity index (χ1n) is 9.89. The zero-order chi connectivity index (χ0) is 25.4. The quantitative estimate of drug-likeness (QED) is 0.513.